The van der Waals surface area contributed by atoms with Crippen molar-refractivity contribution in [1.29, 1.82) is 0 Å². The topological polar surface area (TPSA) is 70.9 Å². The van der Waals surface area contributed by atoms with Crippen molar-refractivity contribution in [1.82, 2.24) is 4.31 Å². The molecule has 3 rings (SSSR count). The fraction of sp³-hybridized carbons (Fsp3) is 0.350. The Balaban J connectivity index is 1.71. The minimum absolute atomic E-state index is 0.00543. The molecule has 0 atom stereocenters. The fourth-order valence-electron chi connectivity index (χ4n) is 3.38. The second-order valence-corrected chi connectivity index (χ2v) is 9.17. The number of carbonyl (C=O) groups is 1. The molecule has 0 bridgehead atoms. The number of piperidine rings is 1. The van der Waals surface area contributed by atoms with E-state index in [0.717, 1.165) is 25.9 Å². The molecule has 1 fully saturated rings. The van der Waals surface area contributed by atoms with Crippen molar-refractivity contribution in [3.8, 4) is 0 Å². The van der Waals surface area contributed by atoms with Crippen molar-refractivity contribution < 1.29 is 22.5 Å². The average Bonchev–Trinajstić information content (AvgIpc) is 2.68. The van der Waals surface area contributed by atoms with E-state index >= 15 is 0 Å². The van der Waals surface area contributed by atoms with E-state index in [1.165, 1.54) is 51.7 Å². The van der Waals surface area contributed by atoms with Gasteiger partial charge in [-0.2, -0.15) is 4.31 Å². The average molecular weight is 407 g/mol. The van der Waals surface area contributed by atoms with Crippen LogP contribution in [0.4, 0.5) is 10.1 Å². The van der Waals surface area contributed by atoms with Gasteiger partial charge in [-0.25, -0.2) is 12.8 Å². The van der Waals surface area contributed by atoms with Gasteiger partial charge in [-0.15, -0.1) is 0 Å². The van der Waals surface area contributed by atoms with E-state index in [2.05, 4.69) is 12.4 Å². The van der Waals surface area contributed by atoms with Gasteiger partial charge in [0.15, 0.2) is 0 Å². The molecule has 1 amide bonds. The Labute approximate surface area is 165 Å². The molecular weight excluding hydrogens is 381 g/mol. The predicted molar refractivity (Wildman–Crippen MR) is 105 cm³/mol. The van der Waals surface area contributed by atoms with Gasteiger partial charge in [0.05, 0.1) is 30.6 Å². The summed E-state index contributed by atoms with van der Waals surface area (Å²) in [6.07, 6.45) is 1.66. The Morgan fingerprint density at radius 3 is 2.32 bits per heavy atom. The van der Waals surface area contributed by atoms with E-state index in [9.17, 15) is 17.6 Å². The normalized spacial score (nSPS) is 20.1. The lowest BCUT2D eigenvalue weighted by Gasteiger charge is -2.32. The number of nitrogens with one attached hydrogen (secondary N) is 2. The minimum atomic E-state index is -3.61. The van der Waals surface area contributed by atoms with Gasteiger partial charge in [0.1, 0.15) is 5.82 Å². The number of halogens is 1. The minimum Gasteiger partial charge on any atom is -0.337 e. The maximum Gasteiger partial charge on any atom is 0.258 e. The molecule has 150 valence electrons. The largest absolute Gasteiger partial charge is 0.337 e. The van der Waals surface area contributed by atoms with Crippen LogP contribution in [0.2, 0.25) is 0 Å². The van der Waals surface area contributed by atoms with Crippen molar-refractivity contribution in [2.75, 3.05) is 32.5 Å². The van der Waals surface area contributed by atoms with E-state index in [1.54, 1.807) is 13.1 Å². The van der Waals surface area contributed by atoms with Crippen LogP contribution in [0.1, 0.15) is 23.2 Å². The van der Waals surface area contributed by atoms with Crippen LogP contribution >= 0.6 is 0 Å². The maximum atomic E-state index is 13.7. The second kappa shape index (κ2) is 8.38. The van der Waals surface area contributed by atoms with Gasteiger partial charge in [-0.05, 0) is 36.4 Å². The van der Waals surface area contributed by atoms with Crippen LogP contribution in [0.25, 0.3) is 0 Å². The summed E-state index contributed by atoms with van der Waals surface area (Å²) in [7, 11) is 0.121. The zero-order chi connectivity index (χ0) is 20.3. The van der Waals surface area contributed by atoms with Gasteiger partial charge in [0.2, 0.25) is 10.0 Å². The molecule has 2 aromatic rings. The van der Waals surface area contributed by atoms with Crippen LogP contribution in [0, 0.1) is 5.82 Å². The number of benzene rings is 2. The van der Waals surface area contributed by atoms with Crippen LogP contribution in [-0.4, -0.2) is 51.9 Å². The number of rotatable bonds is 5. The molecule has 0 saturated carbocycles. The van der Waals surface area contributed by atoms with Gasteiger partial charge in [0, 0.05) is 31.6 Å². The molecule has 2 N–H and O–H groups in total. The first-order valence-electron chi connectivity index (χ1n) is 9.24. The fourth-order valence-corrected chi connectivity index (χ4v) is 4.79. The monoisotopic (exact) mass is 406 g/mol. The Morgan fingerprint density at radius 2 is 1.71 bits per heavy atom. The molecule has 2 aromatic carbocycles. The molecule has 0 aromatic heterocycles. The molecule has 6 nitrogen and oxygen atoms in total. The summed E-state index contributed by atoms with van der Waals surface area (Å²) < 4.78 is 40.9. The van der Waals surface area contributed by atoms with Crippen LogP contribution < -0.4 is 10.2 Å². The van der Waals surface area contributed by atoms with Crippen molar-refractivity contribution >= 4 is 21.6 Å². The number of likely N-dealkylation sites (tertiary alicyclic amines) is 1. The smallest absolute Gasteiger partial charge is 0.258 e. The summed E-state index contributed by atoms with van der Waals surface area (Å²) in [5, 5.41) is 2.59. The van der Waals surface area contributed by atoms with E-state index in [0.29, 0.717) is 5.69 Å². The Hall–Kier alpha value is -2.29. The highest BCUT2D eigenvalue weighted by Crippen LogP contribution is 2.22. The van der Waals surface area contributed by atoms with Crippen molar-refractivity contribution in [3.05, 3.63) is 59.9 Å². The Kier molecular flexibility index (Phi) is 6.12. The van der Waals surface area contributed by atoms with Gasteiger partial charge in [0.25, 0.3) is 5.91 Å². The quantitative estimate of drug-likeness (QED) is 0.788. The molecule has 1 aliphatic heterocycles. The van der Waals surface area contributed by atoms with E-state index in [-0.39, 0.29) is 16.5 Å². The summed E-state index contributed by atoms with van der Waals surface area (Å²) in [6.45, 7) is 1.90. The lowest BCUT2D eigenvalue weighted by Crippen LogP contribution is -3.10. The number of carbonyl (C=O) groups excluding carboxylic acids is 1. The van der Waals surface area contributed by atoms with Crippen LogP contribution in [-0.2, 0) is 10.0 Å². The zero-order valence-electron chi connectivity index (χ0n) is 16.0. The van der Waals surface area contributed by atoms with Gasteiger partial charge < -0.3 is 10.2 Å². The molecule has 1 aliphatic rings. The number of nitrogens with zero attached hydrogens (tertiary/aromatic N) is 1. The molecule has 1 heterocycles. The molecule has 28 heavy (non-hydrogen) atoms. The summed E-state index contributed by atoms with van der Waals surface area (Å²) in [5.41, 5.74) is 0.334. The molecule has 1 saturated heterocycles. The first kappa shape index (κ1) is 20.4. The van der Waals surface area contributed by atoms with E-state index < -0.39 is 21.7 Å². The van der Waals surface area contributed by atoms with E-state index in [4.69, 9.17) is 0 Å². The van der Waals surface area contributed by atoms with Gasteiger partial charge >= 0.3 is 0 Å². The third kappa shape index (κ3) is 4.40. The van der Waals surface area contributed by atoms with Crippen LogP contribution in [0.15, 0.2) is 53.4 Å². The molecule has 8 heteroatoms. The highest BCUT2D eigenvalue weighted by atomic mass is 32.2. The number of hydrogen-bond donors (Lipinski definition) is 2. The number of quaternary nitrogens is 1. The van der Waals surface area contributed by atoms with E-state index in [1.807, 2.05) is 0 Å². The first-order valence-corrected chi connectivity index (χ1v) is 10.7. The summed E-state index contributed by atoms with van der Waals surface area (Å²) in [4.78, 5) is 13.8. The van der Waals surface area contributed by atoms with Crippen molar-refractivity contribution in [3.63, 3.8) is 0 Å². The molecule has 0 aliphatic carbocycles. The molecule has 0 unspecified atom stereocenters. The third-order valence-electron chi connectivity index (χ3n) is 5.23. The SMILES string of the molecule is CN(C1CC[NH+](C)CC1)S(=O)(=O)c1ccc(NC(=O)c2ccccc2F)cc1. The Bertz CT molecular complexity index is 939. The number of hydrogen-bond acceptors (Lipinski definition) is 3. The number of sulfonamides is 1. The zero-order valence-corrected chi connectivity index (χ0v) is 16.8. The first-order chi connectivity index (χ1) is 13.3. The maximum absolute atomic E-state index is 13.7. The molecular formula is C20H25FN3O3S+. The summed E-state index contributed by atoms with van der Waals surface area (Å²) in [5.74, 6) is -1.19. The molecule has 0 spiro atoms. The van der Waals surface area contributed by atoms with Gasteiger partial charge in [-0.1, -0.05) is 12.1 Å². The van der Waals surface area contributed by atoms with Crippen LogP contribution in [0.5, 0.6) is 0 Å². The lowest BCUT2D eigenvalue weighted by molar-refractivity contribution is -0.885. The second-order valence-electron chi connectivity index (χ2n) is 7.17. The van der Waals surface area contributed by atoms with Crippen molar-refractivity contribution in [2.45, 2.75) is 23.8 Å². The standard InChI is InChI=1S/C20H24FN3O3S/c1-23-13-11-16(12-14-23)24(2)28(26,27)17-9-7-15(8-10-17)22-20(25)18-5-3-4-6-19(18)21/h3-10,16H,11-14H2,1-2H3,(H,22,25)/p+1. The molecule has 0 radical (unpaired) electrons. The van der Waals surface area contributed by atoms with Gasteiger partial charge in [-0.3, -0.25) is 4.79 Å². The van der Waals surface area contributed by atoms with Crippen LogP contribution in [0.3, 0.4) is 0 Å². The highest BCUT2D eigenvalue weighted by molar-refractivity contribution is 7.89. The summed E-state index contributed by atoms with van der Waals surface area (Å²) in [6, 6.07) is 11.6. The third-order valence-corrected chi connectivity index (χ3v) is 7.15. The number of amides is 1. The Morgan fingerprint density at radius 1 is 1.11 bits per heavy atom. The number of anilines is 1. The summed E-state index contributed by atoms with van der Waals surface area (Å²) >= 11 is 0. The highest BCUT2D eigenvalue weighted by Gasteiger charge is 2.31. The van der Waals surface area contributed by atoms with Crippen molar-refractivity contribution in [2.24, 2.45) is 0 Å². The lowest BCUT2D eigenvalue weighted by atomic mass is 10.1. The predicted octanol–water partition coefficient (Wildman–Crippen LogP) is 1.38.